The Labute approximate surface area is 106 Å². The van der Waals surface area contributed by atoms with Crippen LogP contribution >= 0.6 is 23.4 Å². The van der Waals surface area contributed by atoms with Crippen molar-refractivity contribution in [2.75, 3.05) is 12.0 Å². The summed E-state index contributed by atoms with van der Waals surface area (Å²) < 4.78 is 38.1. The van der Waals surface area contributed by atoms with Crippen LogP contribution in [0, 0.1) is 0 Å². The van der Waals surface area contributed by atoms with Gasteiger partial charge in [-0.15, -0.1) is 0 Å². The minimum Gasteiger partial charge on any atom is -0.294 e. The van der Waals surface area contributed by atoms with E-state index in [1.807, 2.05) is 0 Å². The van der Waals surface area contributed by atoms with E-state index in [1.165, 1.54) is 17.8 Å². The van der Waals surface area contributed by atoms with Crippen LogP contribution < -0.4 is 0 Å². The first-order chi connectivity index (χ1) is 7.86. The van der Waals surface area contributed by atoms with Gasteiger partial charge in [0.15, 0.2) is 5.78 Å². The number of halogens is 4. The lowest BCUT2D eigenvalue weighted by atomic mass is 10.0. The Balaban J connectivity index is 3.11. The molecule has 1 aromatic carbocycles. The molecule has 94 valence electrons. The maximum atomic E-state index is 12.7. The molecule has 1 nitrogen and oxygen atoms in total. The second-order valence-electron chi connectivity index (χ2n) is 3.35. The molecule has 0 aromatic heterocycles. The molecule has 0 fully saturated rings. The SMILES string of the molecule is CSCCC(=O)c1ccc(Cl)cc1C(F)(F)F. The Kier molecular flexibility index (Phi) is 4.89. The third kappa shape index (κ3) is 3.92. The Hall–Kier alpha value is -0.680. The fourth-order valence-corrected chi connectivity index (χ4v) is 1.89. The number of carbonyl (C=O) groups is 1. The van der Waals surface area contributed by atoms with Gasteiger partial charge in [0.2, 0.25) is 0 Å². The van der Waals surface area contributed by atoms with Crippen LogP contribution in [-0.2, 0) is 6.18 Å². The molecule has 0 aliphatic carbocycles. The molecule has 0 unspecified atom stereocenters. The summed E-state index contributed by atoms with van der Waals surface area (Å²) >= 11 is 6.93. The van der Waals surface area contributed by atoms with Gasteiger partial charge in [-0.2, -0.15) is 24.9 Å². The largest absolute Gasteiger partial charge is 0.417 e. The van der Waals surface area contributed by atoms with Crippen molar-refractivity contribution < 1.29 is 18.0 Å². The molecule has 0 aliphatic rings. The van der Waals surface area contributed by atoms with Crippen molar-refractivity contribution in [3.63, 3.8) is 0 Å². The maximum absolute atomic E-state index is 12.7. The zero-order valence-electron chi connectivity index (χ0n) is 8.97. The minimum absolute atomic E-state index is 0.0289. The first-order valence-corrected chi connectivity index (χ1v) is 6.52. The monoisotopic (exact) mass is 282 g/mol. The maximum Gasteiger partial charge on any atom is 0.417 e. The highest BCUT2D eigenvalue weighted by atomic mass is 35.5. The van der Waals surface area contributed by atoms with E-state index >= 15 is 0 Å². The smallest absolute Gasteiger partial charge is 0.294 e. The van der Waals surface area contributed by atoms with E-state index in [0.29, 0.717) is 5.75 Å². The van der Waals surface area contributed by atoms with Crippen LogP contribution in [0.5, 0.6) is 0 Å². The van der Waals surface area contributed by atoms with Crippen LogP contribution in [0.15, 0.2) is 18.2 Å². The van der Waals surface area contributed by atoms with Crippen molar-refractivity contribution in [3.05, 3.63) is 34.3 Å². The second kappa shape index (κ2) is 5.78. The molecule has 0 amide bonds. The van der Waals surface area contributed by atoms with Crippen molar-refractivity contribution >= 4 is 29.1 Å². The van der Waals surface area contributed by atoms with E-state index in [-0.39, 0.29) is 17.0 Å². The van der Waals surface area contributed by atoms with E-state index in [2.05, 4.69) is 0 Å². The number of carbonyl (C=O) groups excluding carboxylic acids is 1. The number of alkyl halides is 3. The standard InChI is InChI=1S/C11H10ClF3OS/c1-17-5-4-10(16)8-3-2-7(12)6-9(8)11(13,14)15/h2-3,6H,4-5H2,1H3. The fourth-order valence-electron chi connectivity index (χ4n) is 1.32. The average Bonchev–Trinajstić information content (AvgIpc) is 2.24. The van der Waals surface area contributed by atoms with E-state index in [9.17, 15) is 18.0 Å². The van der Waals surface area contributed by atoms with E-state index in [4.69, 9.17) is 11.6 Å². The summed E-state index contributed by atoms with van der Waals surface area (Å²) in [5.41, 5.74) is -1.27. The Bertz CT molecular complexity index is 418. The normalized spacial score (nSPS) is 11.6. The highest BCUT2D eigenvalue weighted by Crippen LogP contribution is 2.34. The number of rotatable bonds is 4. The lowest BCUT2D eigenvalue weighted by Gasteiger charge is -2.12. The van der Waals surface area contributed by atoms with Crippen molar-refractivity contribution in [2.45, 2.75) is 12.6 Å². The Morgan fingerprint density at radius 1 is 1.41 bits per heavy atom. The van der Waals surface area contributed by atoms with Gasteiger partial charge in [0.25, 0.3) is 0 Å². The molecular weight excluding hydrogens is 273 g/mol. The molecule has 0 atom stereocenters. The third-order valence-electron chi connectivity index (χ3n) is 2.12. The predicted octanol–water partition coefficient (Wildman–Crippen LogP) is 4.29. The molecule has 17 heavy (non-hydrogen) atoms. The Morgan fingerprint density at radius 3 is 2.59 bits per heavy atom. The van der Waals surface area contributed by atoms with Crippen LogP contribution in [0.3, 0.4) is 0 Å². The minimum atomic E-state index is -4.56. The van der Waals surface area contributed by atoms with Gasteiger partial charge in [-0.3, -0.25) is 4.79 Å². The van der Waals surface area contributed by atoms with E-state index in [0.717, 1.165) is 12.1 Å². The molecule has 0 saturated carbocycles. The second-order valence-corrected chi connectivity index (χ2v) is 4.78. The Morgan fingerprint density at radius 2 is 2.06 bits per heavy atom. The molecule has 1 aromatic rings. The number of ketones is 1. The summed E-state index contributed by atoms with van der Waals surface area (Å²) in [6, 6.07) is 3.21. The fraction of sp³-hybridized carbons (Fsp3) is 0.364. The van der Waals surface area contributed by atoms with Gasteiger partial charge in [0, 0.05) is 22.8 Å². The molecule has 0 N–H and O–H groups in total. The highest BCUT2D eigenvalue weighted by Gasteiger charge is 2.35. The quantitative estimate of drug-likeness (QED) is 0.766. The number of benzene rings is 1. The molecule has 0 heterocycles. The van der Waals surface area contributed by atoms with Gasteiger partial charge < -0.3 is 0 Å². The van der Waals surface area contributed by atoms with E-state index < -0.39 is 17.5 Å². The zero-order valence-corrected chi connectivity index (χ0v) is 10.5. The van der Waals surface area contributed by atoms with Crippen molar-refractivity contribution in [1.29, 1.82) is 0 Å². The molecular formula is C11H10ClF3OS. The van der Waals surface area contributed by atoms with Gasteiger partial charge in [-0.1, -0.05) is 11.6 Å². The van der Waals surface area contributed by atoms with Crippen LogP contribution in [0.1, 0.15) is 22.3 Å². The molecule has 6 heteroatoms. The van der Waals surface area contributed by atoms with Crippen molar-refractivity contribution in [1.82, 2.24) is 0 Å². The molecule has 0 saturated heterocycles. The van der Waals surface area contributed by atoms with Crippen LogP contribution in [0.25, 0.3) is 0 Å². The number of hydrogen-bond donors (Lipinski definition) is 0. The van der Waals surface area contributed by atoms with Crippen molar-refractivity contribution in [2.24, 2.45) is 0 Å². The number of Topliss-reactive ketones (excluding diaryl/α,β-unsaturated/α-hetero) is 1. The molecule has 1 rings (SSSR count). The lowest BCUT2D eigenvalue weighted by molar-refractivity contribution is -0.137. The van der Waals surface area contributed by atoms with Gasteiger partial charge in [-0.05, 0) is 24.5 Å². The lowest BCUT2D eigenvalue weighted by Crippen LogP contribution is -2.13. The van der Waals surface area contributed by atoms with Gasteiger partial charge in [0.1, 0.15) is 0 Å². The van der Waals surface area contributed by atoms with Gasteiger partial charge in [0.05, 0.1) is 5.56 Å². The summed E-state index contributed by atoms with van der Waals surface area (Å²) in [5, 5.41) is -0.0289. The zero-order chi connectivity index (χ0) is 13.1. The third-order valence-corrected chi connectivity index (χ3v) is 2.97. The summed E-state index contributed by atoms with van der Waals surface area (Å²) in [7, 11) is 0. The summed E-state index contributed by atoms with van der Waals surface area (Å²) in [5.74, 6) is -0.0120. The van der Waals surface area contributed by atoms with E-state index in [1.54, 1.807) is 6.26 Å². The van der Waals surface area contributed by atoms with Gasteiger partial charge in [-0.25, -0.2) is 0 Å². The van der Waals surface area contributed by atoms with Crippen LogP contribution in [0.4, 0.5) is 13.2 Å². The van der Waals surface area contributed by atoms with Crippen molar-refractivity contribution in [3.8, 4) is 0 Å². The summed E-state index contributed by atoms with van der Waals surface area (Å²) in [4.78, 5) is 11.6. The highest BCUT2D eigenvalue weighted by molar-refractivity contribution is 7.98. The summed E-state index contributed by atoms with van der Waals surface area (Å²) in [6.45, 7) is 0. The summed E-state index contributed by atoms with van der Waals surface area (Å²) in [6.07, 6.45) is -2.68. The average molecular weight is 283 g/mol. The molecule has 0 bridgehead atoms. The molecule has 0 radical (unpaired) electrons. The number of thioether (sulfide) groups is 1. The number of hydrogen-bond acceptors (Lipinski definition) is 2. The topological polar surface area (TPSA) is 17.1 Å². The van der Waals surface area contributed by atoms with Gasteiger partial charge >= 0.3 is 6.18 Å². The van der Waals surface area contributed by atoms with Crippen LogP contribution in [-0.4, -0.2) is 17.8 Å². The molecule has 0 spiro atoms. The first-order valence-electron chi connectivity index (χ1n) is 4.75. The molecule has 0 aliphatic heterocycles. The first kappa shape index (κ1) is 14.4. The predicted molar refractivity (Wildman–Crippen MR) is 63.8 cm³/mol. The van der Waals surface area contributed by atoms with Crippen LogP contribution in [0.2, 0.25) is 5.02 Å².